The van der Waals surface area contributed by atoms with Gasteiger partial charge < -0.3 is 5.32 Å². The second-order valence-electron chi connectivity index (χ2n) is 7.02. The summed E-state index contributed by atoms with van der Waals surface area (Å²) in [4.78, 5) is 0. The van der Waals surface area contributed by atoms with Gasteiger partial charge in [-0.2, -0.15) is 13.2 Å². The second kappa shape index (κ2) is 6.05. The van der Waals surface area contributed by atoms with Gasteiger partial charge in [0.15, 0.2) is 0 Å². The predicted octanol–water partition coefficient (Wildman–Crippen LogP) is 4.72. The quantitative estimate of drug-likeness (QED) is 0.720. The van der Waals surface area contributed by atoms with E-state index in [1.54, 1.807) is 6.07 Å². The van der Waals surface area contributed by atoms with Crippen molar-refractivity contribution in [1.29, 1.82) is 0 Å². The minimum absolute atomic E-state index is 0.0363. The Morgan fingerprint density at radius 2 is 1.69 bits per heavy atom. The molecule has 0 fully saturated rings. The van der Waals surface area contributed by atoms with Crippen LogP contribution in [-0.4, -0.2) is 19.0 Å². The molecule has 6 heteroatoms. The minimum atomic E-state index is -4.55. The fourth-order valence-corrected chi connectivity index (χ4v) is 4.24. The summed E-state index contributed by atoms with van der Waals surface area (Å²) in [5.41, 5.74) is 2.14. The molecule has 1 unspecified atom stereocenters. The summed E-state index contributed by atoms with van der Waals surface area (Å²) in [5.74, 6) is -4.42. The first-order chi connectivity index (χ1) is 12.3. The number of nitrogens with one attached hydrogen (secondary N) is 1. The molecule has 1 atom stereocenters. The van der Waals surface area contributed by atoms with Crippen LogP contribution in [0.2, 0.25) is 0 Å². The van der Waals surface area contributed by atoms with Gasteiger partial charge >= 0.3 is 6.18 Å². The Balaban J connectivity index is 1.88. The molecule has 0 radical (unpaired) electrons. The summed E-state index contributed by atoms with van der Waals surface area (Å²) in [5, 5.41) is 3.25. The molecule has 0 bridgehead atoms. The summed E-state index contributed by atoms with van der Waals surface area (Å²) < 4.78 is 69.0. The van der Waals surface area contributed by atoms with Crippen molar-refractivity contribution < 1.29 is 22.0 Å². The molecule has 0 saturated heterocycles. The lowest BCUT2D eigenvalue weighted by atomic mass is 9.84. The third kappa shape index (κ3) is 2.90. The smallest absolute Gasteiger partial charge is 0.316 e. The molecule has 0 amide bonds. The molecule has 2 aromatic carbocycles. The van der Waals surface area contributed by atoms with E-state index < -0.39 is 30.0 Å². The van der Waals surface area contributed by atoms with Gasteiger partial charge in [0, 0.05) is 6.42 Å². The number of hydrogen-bond acceptors (Lipinski definition) is 1. The molecule has 0 aromatic heterocycles. The van der Waals surface area contributed by atoms with Gasteiger partial charge in [-0.3, -0.25) is 0 Å². The molecule has 1 aliphatic heterocycles. The molecule has 2 aromatic rings. The summed E-state index contributed by atoms with van der Waals surface area (Å²) >= 11 is 0. The van der Waals surface area contributed by atoms with Crippen LogP contribution in [0, 0.1) is 0 Å². The fourth-order valence-electron chi connectivity index (χ4n) is 4.24. The number of rotatable bonds is 1. The summed E-state index contributed by atoms with van der Waals surface area (Å²) in [7, 11) is 0. The SMILES string of the molecule is FC(F)(F)c1cccc(C2c3c(ccc4c3CCNCC4)CC2(F)F)c1. The highest BCUT2D eigenvalue weighted by atomic mass is 19.4. The zero-order valence-corrected chi connectivity index (χ0v) is 14.0. The van der Waals surface area contributed by atoms with Crippen LogP contribution in [0.1, 0.15) is 39.3 Å². The van der Waals surface area contributed by atoms with Crippen LogP contribution in [0.5, 0.6) is 0 Å². The molecule has 0 saturated carbocycles. The van der Waals surface area contributed by atoms with Crippen LogP contribution in [0.4, 0.5) is 22.0 Å². The number of halogens is 5. The Bertz CT molecular complexity index is 841. The van der Waals surface area contributed by atoms with E-state index in [0.29, 0.717) is 24.1 Å². The van der Waals surface area contributed by atoms with Crippen LogP contribution in [0.25, 0.3) is 0 Å². The standard InChI is InChI=1S/C20H18F5N/c21-19(22)11-14-5-4-12-6-8-26-9-7-16(12)17(14)18(19)13-2-1-3-15(10-13)20(23,24)25/h1-5,10,18,26H,6-9,11H2. The number of hydrogen-bond donors (Lipinski definition) is 1. The zero-order chi connectivity index (χ0) is 18.5. The molecule has 138 valence electrons. The van der Waals surface area contributed by atoms with Crippen molar-refractivity contribution in [3.8, 4) is 0 Å². The Kier molecular flexibility index (Phi) is 4.06. The van der Waals surface area contributed by atoms with Crippen molar-refractivity contribution in [2.24, 2.45) is 0 Å². The highest BCUT2D eigenvalue weighted by Crippen LogP contribution is 2.51. The Hall–Kier alpha value is -1.95. The number of fused-ring (bicyclic) bond motifs is 3. The van der Waals surface area contributed by atoms with E-state index in [9.17, 15) is 22.0 Å². The molecule has 26 heavy (non-hydrogen) atoms. The normalized spacial score (nSPS) is 21.8. The first kappa shape index (κ1) is 17.5. The largest absolute Gasteiger partial charge is 0.416 e. The third-order valence-corrected chi connectivity index (χ3v) is 5.35. The van der Waals surface area contributed by atoms with Crippen LogP contribution in [-0.2, 0) is 25.4 Å². The van der Waals surface area contributed by atoms with Gasteiger partial charge in [0.25, 0.3) is 5.92 Å². The van der Waals surface area contributed by atoms with E-state index in [-0.39, 0.29) is 5.56 Å². The van der Waals surface area contributed by atoms with E-state index in [2.05, 4.69) is 5.32 Å². The lowest BCUT2D eigenvalue weighted by molar-refractivity contribution is -0.137. The first-order valence-electron chi connectivity index (χ1n) is 8.66. The average molecular weight is 367 g/mol. The molecule has 0 spiro atoms. The molecule has 1 nitrogen and oxygen atoms in total. The van der Waals surface area contributed by atoms with E-state index in [1.807, 2.05) is 6.07 Å². The highest BCUT2D eigenvalue weighted by molar-refractivity contribution is 5.53. The predicted molar refractivity (Wildman–Crippen MR) is 88.7 cm³/mol. The number of benzene rings is 2. The van der Waals surface area contributed by atoms with E-state index in [0.717, 1.165) is 36.2 Å². The first-order valence-corrected chi connectivity index (χ1v) is 8.66. The zero-order valence-electron chi connectivity index (χ0n) is 14.0. The highest BCUT2D eigenvalue weighted by Gasteiger charge is 2.50. The molecular formula is C20H18F5N. The van der Waals surface area contributed by atoms with Crippen molar-refractivity contribution in [2.45, 2.75) is 37.3 Å². The molecule has 1 N–H and O–H groups in total. The topological polar surface area (TPSA) is 12.0 Å². The Labute approximate surface area is 148 Å². The maximum Gasteiger partial charge on any atom is 0.416 e. The van der Waals surface area contributed by atoms with Crippen molar-refractivity contribution >= 4 is 0 Å². The second-order valence-corrected chi connectivity index (χ2v) is 7.02. The van der Waals surface area contributed by atoms with Gasteiger partial charge in [-0.25, -0.2) is 8.78 Å². The minimum Gasteiger partial charge on any atom is -0.316 e. The number of alkyl halides is 5. The van der Waals surface area contributed by atoms with Crippen LogP contribution < -0.4 is 5.32 Å². The van der Waals surface area contributed by atoms with E-state index in [4.69, 9.17) is 0 Å². The van der Waals surface area contributed by atoms with Crippen molar-refractivity contribution in [3.63, 3.8) is 0 Å². The van der Waals surface area contributed by atoms with Gasteiger partial charge in [0.1, 0.15) is 0 Å². The van der Waals surface area contributed by atoms with Crippen molar-refractivity contribution in [3.05, 3.63) is 69.8 Å². The van der Waals surface area contributed by atoms with Crippen LogP contribution >= 0.6 is 0 Å². The van der Waals surface area contributed by atoms with E-state index >= 15 is 0 Å². The Morgan fingerprint density at radius 1 is 0.962 bits per heavy atom. The fraction of sp³-hybridized carbons (Fsp3) is 0.400. The molecule has 2 aliphatic rings. The average Bonchev–Trinajstić information content (AvgIpc) is 2.72. The lowest BCUT2D eigenvalue weighted by Crippen LogP contribution is -2.24. The van der Waals surface area contributed by atoms with Gasteiger partial charge in [-0.15, -0.1) is 0 Å². The van der Waals surface area contributed by atoms with Crippen LogP contribution in [0.15, 0.2) is 36.4 Å². The molecular weight excluding hydrogens is 349 g/mol. The Morgan fingerprint density at radius 3 is 2.46 bits per heavy atom. The van der Waals surface area contributed by atoms with Gasteiger partial charge in [-0.05, 0) is 59.8 Å². The van der Waals surface area contributed by atoms with Gasteiger partial charge in [0.05, 0.1) is 11.5 Å². The maximum absolute atomic E-state index is 14.9. The van der Waals surface area contributed by atoms with E-state index in [1.165, 1.54) is 12.1 Å². The molecule has 4 rings (SSSR count). The summed E-state index contributed by atoms with van der Waals surface area (Å²) in [6.07, 6.45) is -3.62. The van der Waals surface area contributed by atoms with Crippen molar-refractivity contribution in [1.82, 2.24) is 5.32 Å². The third-order valence-electron chi connectivity index (χ3n) is 5.35. The van der Waals surface area contributed by atoms with Gasteiger partial charge in [-0.1, -0.05) is 30.3 Å². The molecule has 1 heterocycles. The van der Waals surface area contributed by atoms with Gasteiger partial charge in [0.2, 0.25) is 0 Å². The summed E-state index contributed by atoms with van der Waals surface area (Å²) in [6, 6.07) is 8.02. The monoisotopic (exact) mass is 367 g/mol. The lowest BCUT2D eigenvalue weighted by Gasteiger charge is -2.24. The summed E-state index contributed by atoms with van der Waals surface area (Å²) in [6.45, 7) is 1.46. The van der Waals surface area contributed by atoms with Crippen molar-refractivity contribution in [2.75, 3.05) is 13.1 Å². The van der Waals surface area contributed by atoms with Crippen LogP contribution in [0.3, 0.4) is 0 Å². The maximum atomic E-state index is 14.9. The molecule has 1 aliphatic carbocycles.